The Morgan fingerprint density at radius 1 is 1.33 bits per heavy atom. The summed E-state index contributed by atoms with van der Waals surface area (Å²) in [7, 11) is 0. The number of aromatic nitrogens is 5. The highest BCUT2D eigenvalue weighted by atomic mass is 16.1. The molecule has 0 unspecified atom stereocenters. The summed E-state index contributed by atoms with van der Waals surface area (Å²) in [6, 6.07) is 5.88. The van der Waals surface area contributed by atoms with Crippen molar-refractivity contribution in [1.29, 1.82) is 0 Å². The normalized spacial score (nSPS) is 11.0. The highest BCUT2D eigenvalue weighted by molar-refractivity contribution is 6.04. The van der Waals surface area contributed by atoms with Crippen molar-refractivity contribution in [3.05, 3.63) is 58.5 Å². The summed E-state index contributed by atoms with van der Waals surface area (Å²) in [6.45, 7) is 3.56. The van der Waals surface area contributed by atoms with Crippen molar-refractivity contribution in [1.82, 2.24) is 24.3 Å². The first kappa shape index (κ1) is 17.1. The number of hydrogen-bond acceptors (Lipinski definition) is 4. The van der Waals surface area contributed by atoms with E-state index in [1.54, 1.807) is 17.1 Å². The van der Waals surface area contributed by atoms with Crippen molar-refractivity contribution in [2.24, 2.45) is 5.73 Å². The molecule has 0 spiro atoms. The predicted octanol–water partition coefficient (Wildman–Crippen LogP) is 1.78. The molecule has 0 bridgehead atoms. The molecule has 3 heterocycles. The van der Waals surface area contributed by atoms with Gasteiger partial charge in [-0.3, -0.25) is 9.89 Å². The molecule has 0 aliphatic heterocycles. The second-order valence-corrected chi connectivity index (χ2v) is 6.44. The van der Waals surface area contributed by atoms with E-state index >= 15 is 0 Å². The lowest BCUT2D eigenvalue weighted by atomic mass is 10.1. The van der Waals surface area contributed by atoms with Crippen LogP contribution in [0.4, 0.5) is 0 Å². The minimum absolute atomic E-state index is 0.0314. The van der Waals surface area contributed by atoms with Gasteiger partial charge in [0.15, 0.2) is 0 Å². The van der Waals surface area contributed by atoms with Gasteiger partial charge < -0.3 is 14.9 Å². The van der Waals surface area contributed by atoms with Crippen molar-refractivity contribution in [3.8, 4) is 11.8 Å². The molecule has 0 fully saturated rings. The molecule has 0 atom stereocenters. The van der Waals surface area contributed by atoms with E-state index in [2.05, 4.69) is 27.0 Å². The first-order valence-corrected chi connectivity index (χ1v) is 8.85. The Morgan fingerprint density at radius 3 is 3.00 bits per heavy atom. The summed E-state index contributed by atoms with van der Waals surface area (Å²) in [5.74, 6) is 6.32. The number of fused-ring (bicyclic) bond motifs is 3. The Labute approximate surface area is 155 Å². The van der Waals surface area contributed by atoms with Crippen LogP contribution >= 0.6 is 0 Å². The molecule has 4 rings (SSSR count). The number of nitrogens with one attached hydrogen (secondary N) is 1. The summed E-state index contributed by atoms with van der Waals surface area (Å²) in [4.78, 5) is 17.0. The molecular formula is C20H20N6O. The molecule has 7 heteroatoms. The van der Waals surface area contributed by atoms with Gasteiger partial charge in [0, 0.05) is 35.6 Å². The molecule has 136 valence electrons. The fourth-order valence-electron chi connectivity index (χ4n) is 3.25. The summed E-state index contributed by atoms with van der Waals surface area (Å²) < 4.78 is 3.70. The number of aryl methyl sites for hydroxylation is 2. The van der Waals surface area contributed by atoms with E-state index in [0.29, 0.717) is 30.5 Å². The second kappa shape index (κ2) is 7.09. The Morgan fingerprint density at radius 2 is 2.22 bits per heavy atom. The lowest BCUT2D eigenvalue weighted by Gasteiger charge is -2.11. The fourth-order valence-corrected chi connectivity index (χ4v) is 3.25. The largest absolute Gasteiger partial charge is 0.330 e. The monoisotopic (exact) mass is 360 g/mol. The highest BCUT2D eigenvalue weighted by Crippen LogP contribution is 2.24. The molecule has 3 N–H and O–H groups in total. The van der Waals surface area contributed by atoms with Gasteiger partial charge in [-0.05, 0) is 38.1 Å². The van der Waals surface area contributed by atoms with Crippen molar-refractivity contribution in [3.63, 3.8) is 0 Å². The SMILES string of the molecule is Cc1[nH]nc2c1c(=O)n(CCCN)c1ccc(C#CCn3ccnc3)cc21. The van der Waals surface area contributed by atoms with Crippen molar-refractivity contribution in [2.45, 2.75) is 26.4 Å². The summed E-state index contributed by atoms with van der Waals surface area (Å²) in [5.41, 5.74) is 8.82. The number of aromatic amines is 1. The summed E-state index contributed by atoms with van der Waals surface area (Å²) in [6.07, 6.45) is 6.08. The zero-order valence-corrected chi connectivity index (χ0v) is 15.1. The molecule has 0 radical (unpaired) electrons. The number of rotatable bonds is 4. The molecule has 0 saturated heterocycles. The molecular weight excluding hydrogens is 340 g/mol. The second-order valence-electron chi connectivity index (χ2n) is 6.44. The van der Waals surface area contributed by atoms with Gasteiger partial charge in [0.1, 0.15) is 5.52 Å². The number of pyridine rings is 1. The van der Waals surface area contributed by atoms with E-state index in [0.717, 1.165) is 28.6 Å². The fraction of sp³-hybridized carbons (Fsp3) is 0.250. The van der Waals surface area contributed by atoms with Crippen LogP contribution in [-0.4, -0.2) is 30.9 Å². The Balaban J connectivity index is 1.85. The van der Waals surface area contributed by atoms with Crippen LogP contribution in [0.2, 0.25) is 0 Å². The van der Waals surface area contributed by atoms with Crippen molar-refractivity contribution >= 4 is 21.8 Å². The van der Waals surface area contributed by atoms with Crippen LogP contribution in [0.25, 0.3) is 21.8 Å². The third kappa shape index (κ3) is 3.11. The number of nitrogens with zero attached hydrogens (tertiary/aromatic N) is 4. The van der Waals surface area contributed by atoms with Crippen molar-refractivity contribution in [2.75, 3.05) is 6.54 Å². The molecule has 0 amide bonds. The van der Waals surface area contributed by atoms with Gasteiger partial charge in [-0.25, -0.2) is 4.98 Å². The van der Waals surface area contributed by atoms with E-state index in [1.807, 2.05) is 35.9 Å². The Bertz CT molecular complexity index is 1220. The number of benzene rings is 1. The minimum Gasteiger partial charge on any atom is -0.330 e. The van der Waals surface area contributed by atoms with E-state index in [1.165, 1.54) is 0 Å². The highest BCUT2D eigenvalue weighted by Gasteiger charge is 2.15. The maximum absolute atomic E-state index is 12.9. The molecule has 3 aromatic heterocycles. The third-order valence-electron chi connectivity index (χ3n) is 4.59. The Kier molecular flexibility index (Phi) is 4.48. The number of hydrogen-bond donors (Lipinski definition) is 2. The lowest BCUT2D eigenvalue weighted by molar-refractivity contribution is 0.654. The van der Waals surface area contributed by atoms with Crippen LogP contribution in [-0.2, 0) is 13.1 Å². The average Bonchev–Trinajstić information content (AvgIpc) is 3.32. The molecule has 27 heavy (non-hydrogen) atoms. The summed E-state index contributed by atoms with van der Waals surface area (Å²) >= 11 is 0. The third-order valence-corrected chi connectivity index (χ3v) is 4.59. The first-order valence-electron chi connectivity index (χ1n) is 8.85. The topological polar surface area (TPSA) is 94.5 Å². The van der Waals surface area contributed by atoms with Gasteiger partial charge >= 0.3 is 0 Å². The number of nitrogens with two attached hydrogens (primary N) is 1. The van der Waals surface area contributed by atoms with Crippen LogP contribution in [0.1, 0.15) is 17.7 Å². The van der Waals surface area contributed by atoms with E-state index in [4.69, 9.17) is 5.73 Å². The van der Waals surface area contributed by atoms with Gasteiger partial charge in [-0.2, -0.15) is 5.10 Å². The quantitative estimate of drug-likeness (QED) is 0.543. The summed E-state index contributed by atoms with van der Waals surface area (Å²) in [5, 5.41) is 8.85. The molecule has 1 aromatic carbocycles. The molecule has 7 nitrogen and oxygen atoms in total. The van der Waals surface area contributed by atoms with Gasteiger partial charge in [0.25, 0.3) is 5.56 Å². The average molecular weight is 360 g/mol. The van der Waals surface area contributed by atoms with Crippen LogP contribution in [0, 0.1) is 18.8 Å². The first-order chi connectivity index (χ1) is 13.2. The zero-order chi connectivity index (χ0) is 18.8. The van der Waals surface area contributed by atoms with Crippen molar-refractivity contribution < 1.29 is 0 Å². The standard InChI is InChI=1S/C20H20N6O/c1-14-18-19(24-23-14)16-12-15(4-2-9-25-11-8-22-13-25)5-6-17(16)26(20(18)27)10-3-7-21/h5-6,8,11-13H,3,7,9-10,21H2,1H3,(H,23,24). The van der Waals surface area contributed by atoms with Gasteiger partial charge in [0.05, 0.1) is 23.8 Å². The van der Waals surface area contributed by atoms with E-state index < -0.39 is 0 Å². The van der Waals surface area contributed by atoms with E-state index in [-0.39, 0.29) is 5.56 Å². The van der Waals surface area contributed by atoms with Crippen LogP contribution in [0.15, 0.2) is 41.7 Å². The van der Waals surface area contributed by atoms with Gasteiger partial charge in [0.2, 0.25) is 0 Å². The number of imidazole rings is 1. The van der Waals surface area contributed by atoms with Gasteiger partial charge in [-0.1, -0.05) is 11.8 Å². The van der Waals surface area contributed by atoms with Gasteiger partial charge in [-0.15, -0.1) is 0 Å². The zero-order valence-electron chi connectivity index (χ0n) is 15.1. The van der Waals surface area contributed by atoms with Crippen LogP contribution < -0.4 is 11.3 Å². The van der Waals surface area contributed by atoms with Crippen LogP contribution in [0.5, 0.6) is 0 Å². The molecule has 0 aliphatic rings. The molecule has 4 aromatic rings. The van der Waals surface area contributed by atoms with Crippen LogP contribution in [0.3, 0.4) is 0 Å². The molecule has 0 saturated carbocycles. The lowest BCUT2D eigenvalue weighted by Crippen LogP contribution is -2.22. The maximum Gasteiger partial charge on any atom is 0.262 e. The van der Waals surface area contributed by atoms with E-state index in [9.17, 15) is 4.79 Å². The molecule has 0 aliphatic carbocycles. The number of H-pyrrole nitrogens is 1. The smallest absolute Gasteiger partial charge is 0.262 e. The Hall–Kier alpha value is -3.37. The predicted molar refractivity (Wildman–Crippen MR) is 105 cm³/mol. The minimum atomic E-state index is -0.0314. The maximum atomic E-state index is 12.9.